The second-order valence-corrected chi connectivity index (χ2v) is 10.2. The van der Waals surface area contributed by atoms with Crippen LogP contribution >= 0.6 is 0 Å². The van der Waals surface area contributed by atoms with Crippen LogP contribution in [0.1, 0.15) is 54.2 Å². The summed E-state index contributed by atoms with van der Waals surface area (Å²) in [6.07, 6.45) is 0.930. The third-order valence-corrected chi connectivity index (χ3v) is 7.25. The quantitative estimate of drug-likeness (QED) is 0.256. The van der Waals surface area contributed by atoms with E-state index in [0.717, 1.165) is 29.0 Å². The van der Waals surface area contributed by atoms with Crippen molar-refractivity contribution in [2.75, 3.05) is 37.0 Å². The molecule has 3 aromatic rings. The average molecular weight is 545 g/mol. The molecule has 1 aliphatic rings. The second kappa shape index (κ2) is 14.0. The zero-order chi connectivity index (χ0) is 28.5. The Morgan fingerprint density at radius 2 is 1.88 bits per heavy atom. The molecule has 3 atom stereocenters. The highest BCUT2D eigenvalue weighted by Crippen LogP contribution is 2.27. The van der Waals surface area contributed by atoms with Crippen LogP contribution in [0.5, 0.6) is 5.75 Å². The Morgan fingerprint density at radius 1 is 1.07 bits per heavy atom. The third kappa shape index (κ3) is 7.61. The van der Waals surface area contributed by atoms with Crippen LogP contribution in [-0.4, -0.2) is 55.8 Å². The Labute approximate surface area is 236 Å². The molecule has 1 heterocycles. The minimum atomic E-state index is -0.853. The van der Waals surface area contributed by atoms with E-state index < -0.39 is 12.1 Å². The van der Waals surface area contributed by atoms with Crippen LogP contribution in [0.15, 0.2) is 72.8 Å². The molecule has 4 N–H and O–H groups in total. The van der Waals surface area contributed by atoms with Crippen LogP contribution in [0, 0.1) is 0 Å². The maximum Gasteiger partial charge on any atom is 0.251 e. The highest BCUT2D eigenvalue weighted by atomic mass is 16.5. The van der Waals surface area contributed by atoms with E-state index >= 15 is 0 Å². The fraction of sp³-hybridized carbons (Fsp3) is 0.375. The van der Waals surface area contributed by atoms with Gasteiger partial charge in [0.25, 0.3) is 5.91 Å². The molecule has 0 spiro atoms. The standard InChI is InChI=1S/C32H40N4O4/c1-4-33-26-17-25(18-27(20-26)36-15-9-14-31(36)38)32(39)35-29(16-23-10-6-5-7-11-23)30(37)21-34-22(2)24-12-8-13-28(19-24)40-3/h5-8,10-13,17-20,22,29-30,33-34,37H,4,9,14-16,21H2,1-3H3,(H,35,39)/t22-,29-,30+/m0/s1. The minimum Gasteiger partial charge on any atom is -0.497 e. The topological polar surface area (TPSA) is 103 Å². The summed E-state index contributed by atoms with van der Waals surface area (Å²) in [6.45, 7) is 5.62. The lowest BCUT2D eigenvalue weighted by Gasteiger charge is -2.27. The second-order valence-electron chi connectivity index (χ2n) is 10.2. The first kappa shape index (κ1) is 29.1. The van der Waals surface area contributed by atoms with Crippen molar-refractivity contribution in [2.45, 2.75) is 51.3 Å². The molecule has 1 saturated heterocycles. The molecule has 0 saturated carbocycles. The molecule has 4 rings (SSSR count). The van der Waals surface area contributed by atoms with Crippen molar-refractivity contribution in [3.8, 4) is 5.75 Å². The number of benzene rings is 3. The number of nitrogens with one attached hydrogen (secondary N) is 3. The van der Waals surface area contributed by atoms with Gasteiger partial charge in [-0.2, -0.15) is 0 Å². The number of amides is 2. The van der Waals surface area contributed by atoms with E-state index in [1.807, 2.05) is 74.5 Å². The van der Waals surface area contributed by atoms with E-state index in [-0.39, 0.29) is 24.4 Å². The summed E-state index contributed by atoms with van der Waals surface area (Å²) in [5, 5.41) is 21.0. The predicted octanol–water partition coefficient (Wildman–Crippen LogP) is 4.31. The summed E-state index contributed by atoms with van der Waals surface area (Å²) in [7, 11) is 1.64. The molecule has 3 aromatic carbocycles. The molecule has 8 heteroatoms. The normalized spacial score (nSPS) is 15.4. The van der Waals surface area contributed by atoms with Gasteiger partial charge < -0.3 is 30.7 Å². The maximum atomic E-state index is 13.6. The molecule has 1 aliphatic heterocycles. The number of methoxy groups -OCH3 is 1. The highest BCUT2D eigenvalue weighted by Gasteiger charge is 2.26. The molecule has 0 unspecified atom stereocenters. The van der Waals surface area contributed by atoms with Gasteiger partial charge in [0.15, 0.2) is 0 Å². The molecule has 2 amide bonds. The van der Waals surface area contributed by atoms with Crippen LogP contribution in [-0.2, 0) is 11.2 Å². The van der Waals surface area contributed by atoms with Crippen molar-refractivity contribution in [1.29, 1.82) is 0 Å². The van der Waals surface area contributed by atoms with E-state index in [1.54, 1.807) is 24.1 Å². The predicted molar refractivity (Wildman–Crippen MR) is 159 cm³/mol. The molecule has 1 fully saturated rings. The first-order valence-corrected chi connectivity index (χ1v) is 14.0. The first-order chi connectivity index (χ1) is 19.4. The van der Waals surface area contributed by atoms with E-state index in [9.17, 15) is 14.7 Å². The van der Waals surface area contributed by atoms with Crippen LogP contribution in [0.4, 0.5) is 11.4 Å². The summed E-state index contributed by atoms with van der Waals surface area (Å²) in [6, 6.07) is 22.5. The number of carbonyl (C=O) groups is 2. The molecule has 40 heavy (non-hydrogen) atoms. The van der Waals surface area contributed by atoms with Gasteiger partial charge >= 0.3 is 0 Å². The fourth-order valence-electron chi connectivity index (χ4n) is 5.00. The van der Waals surface area contributed by atoms with Crippen molar-refractivity contribution in [3.63, 3.8) is 0 Å². The fourth-order valence-corrected chi connectivity index (χ4v) is 5.00. The lowest BCUT2D eigenvalue weighted by molar-refractivity contribution is -0.117. The molecule has 8 nitrogen and oxygen atoms in total. The van der Waals surface area contributed by atoms with Crippen molar-refractivity contribution < 1.29 is 19.4 Å². The Balaban J connectivity index is 1.52. The van der Waals surface area contributed by atoms with Crippen molar-refractivity contribution in [3.05, 3.63) is 89.5 Å². The van der Waals surface area contributed by atoms with Gasteiger partial charge in [-0.3, -0.25) is 9.59 Å². The number of hydrogen-bond acceptors (Lipinski definition) is 6. The lowest BCUT2D eigenvalue weighted by Crippen LogP contribution is -2.49. The zero-order valence-electron chi connectivity index (χ0n) is 23.5. The van der Waals surface area contributed by atoms with Crippen LogP contribution in [0.2, 0.25) is 0 Å². The monoisotopic (exact) mass is 544 g/mol. The number of anilines is 2. The molecular formula is C32H40N4O4. The Bertz CT molecular complexity index is 1280. The number of aliphatic hydroxyl groups excluding tert-OH is 1. The van der Waals surface area contributed by atoms with Gasteiger partial charge in [-0.05, 0) is 68.1 Å². The molecule has 0 bridgehead atoms. The molecule has 212 valence electrons. The van der Waals surface area contributed by atoms with Crippen molar-refractivity contribution in [2.24, 2.45) is 0 Å². The van der Waals surface area contributed by atoms with Gasteiger partial charge in [0.2, 0.25) is 5.91 Å². The Morgan fingerprint density at radius 3 is 2.58 bits per heavy atom. The Kier molecular flexibility index (Phi) is 10.2. The molecular weight excluding hydrogens is 504 g/mol. The summed E-state index contributed by atoms with van der Waals surface area (Å²) in [5.41, 5.74) is 3.98. The van der Waals surface area contributed by atoms with E-state index in [0.29, 0.717) is 37.2 Å². The van der Waals surface area contributed by atoms with Gasteiger partial charge in [-0.25, -0.2) is 0 Å². The first-order valence-electron chi connectivity index (χ1n) is 14.0. The number of aliphatic hydroxyl groups is 1. The molecule has 0 radical (unpaired) electrons. The van der Waals surface area contributed by atoms with Gasteiger partial charge in [0, 0.05) is 49.0 Å². The van der Waals surface area contributed by atoms with Gasteiger partial charge in [-0.15, -0.1) is 0 Å². The van der Waals surface area contributed by atoms with Crippen LogP contribution < -0.4 is 25.6 Å². The zero-order valence-corrected chi connectivity index (χ0v) is 23.5. The van der Waals surface area contributed by atoms with E-state index in [2.05, 4.69) is 16.0 Å². The van der Waals surface area contributed by atoms with Crippen LogP contribution in [0.25, 0.3) is 0 Å². The lowest BCUT2D eigenvalue weighted by atomic mass is 9.99. The maximum absolute atomic E-state index is 13.6. The number of hydrogen-bond donors (Lipinski definition) is 4. The van der Waals surface area contributed by atoms with E-state index in [1.165, 1.54) is 0 Å². The summed E-state index contributed by atoms with van der Waals surface area (Å²) < 4.78 is 5.34. The number of rotatable bonds is 13. The number of nitrogens with zero attached hydrogens (tertiary/aromatic N) is 1. The highest BCUT2D eigenvalue weighted by molar-refractivity contribution is 6.00. The molecule has 0 aromatic heterocycles. The van der Waals surface area contributed by atoms with Gasteiger partial charge in [0.05, 0.1) is 19.3 Å². The number of ether oxygens (including phenoxy) is 1. The van der Waals surface area contributed by atoms with Gasteiger partial charge in [-0.1, -0.05) is 42.5 Å². The third-order valence-electron chi connectivity index (χ3n) is 7.25. The van der Waals surface area contributed by atoms with Crippen LogP contribution in [0.3, 0.4) is 0 Å². The summed E-state index contributed by atoms with van der Waals surface area (Å²) in [4.78, 5) is 27.7. The minimum absolute atomic E-state index is 0.0322. The van der Waals surface area contributed by atoms with Gasteiger partial charge in [0.1, 0.15) is 5.75 Å². The Hall–Kier alpha value is -3.88. The van der Waals surface area contributed by atoms with Crippen molar-refractivity contribution in [1.82, 2.24) is 10.6 Å². The summed E-state index contributed by atoms with van der Waals surface area (Å²) >= 11 is 0. The summed E-state index contributed by atoms with van der Waals surface area (Å²) in [5.74, 6) is 0.540. The number of carbonyl (C=O) groups excluding carboxylic acids is 2. The largest absolute Gasteiger partial charge is 0.497 e. The van der Waals surface area contributed by atoms with Crippen molar-refractivity contribution >= 4 is 23.2 Å². The smallest absolute Gasteiger partial charge is 0.251 e. The SMILES string of the molecule is CCNc1cc(C(=O)N[C@@H](Cc2ccccc2)[C@H](O)CN[C@@H](C)c2cccc(OC)c2)cc(N2CCCC2=O)c1. The average Bonchev–Trinajstić information content (AvgIpc) is 3.41. The molecule has 0 aliphatic carbocycles. The van der Waals surface area contributed by atoms with E-state index in [4.69, 9.17) is 4.74 Å².